The van der Waals surface area contributed by atoms with Gasteiger partial charge in [0.1, 0.15) is 5.76 Å². The average molecular weight is 226 g/mol. The van der Waals surface area contributed by atoms with Crippen molar-refractivity contribution < 1.29 is 4.42 Å². The van der Waals surface area contributed by atoms with Crippen molar-refractivity contribution in [3.05, 3.63) is 53.7 Å². The van der Waals surface area contributed by atoms with Gasteiger partial charge in [0, 0.05) is 5.56 Å². The number of benzene rings is 1. The van der Waals surface area contributed by atoms with Gasteiger partial charge in [0.05, 0.1) is 19.3 Å². The van der Waals surface area contributed by atoms with Crippen molar-refractivity contribution in [2.24, 2.45) is 0 Å². The van der Waals surface area contributed by atoms with Crippen molar-refractivity contribution in [1.82, 2.24) is 10.3 Å². The molecule has 1 aromatic heterocycles. The molecule has 3 heteroatoms. The zero-order chi connectivity index (χ0) is 11.9. The van der Waals surface area contributed by atoms with E-state index in [0.29, 0.717) is 19.0 Å². The predicted octanol–water partition coefficient (Wildman–Crippen LogP) is 2.12. The smallest absolute Gasteiger partial charge is 0.208 e. The van der Waals surface area contributed by atoms with Crippen LogP contribution in [0.15, 0.2) is 40.9 Å². The number of oxazole rings is 1. The molecule has 0 saturated carbocycles. The van der Waals surface area contributed by atoms with E-state index >= 15 is 0 Å². The van der Waals surface area contributed by atoms with Crippen molar-refractivity contribution in [3.63, 3.8) is 0 Å². The third-order valence-electron chi connectivity index (χ3n) is 2.17. The zero-order valence-electron chi connectivity index (χ0n) is 9.73. The van der Waals surface area contributed by atoms with Crippen LogP contribution in [-0.2, 0) is 6.54 Å². The highest BCUT2D eigenvalue weighted by molar-refractivity contribution is 5.33. The summed E-state index contributed by atoms with van der Waals surface area (Å²) in [5, 5.41) is 3.16. The molecule has 0 saturated heterocycles. The van der Waals surface area contributed by atoms with E-state index < -0.39 is 0 Å². The Hall–Kier alpha value is -2.05. The molecule has 86 valence electrons. The number of aromatic nitrogens is 1. The highest BCUT2D eigenvalue weighted by Crippen LogP contribution is 2.00. The highest BCUT2D eigenvalue weighted by Gasteiger charge is 1.97. The van der Waals surface area contributed by atoms with Crippen molar-refractivity contribution in [2.45, 2.75) is 13.5 Å². The van der Waals surface area contributed by atoms with E-state index in [9.17, 15) is 0 Å². The van der Waals surface area contributed by atoms with Crippen LogP contribution >= 0.6 is 0 Å². The third-order valence-corrected chi connectivity index (χ3v) is 2.17. The van der Waals surface area contributed by atoms with Gasteiger partial charge in [0.2, 0.25) is 5.89 Å². The summed E-state index contributed by atoms with van der Waals surface area (Å²) in [4.78, 5) is 4.09. The molecule has 2 rings (SSSR count). The van der Waals surface area contributed by atoms with E-state index in [1.807, 2.05) is 37.3 Å². The SMILES string of the molecule is Cc1cnc(CNCC#Cc2ccccc2)o1. The molecule has 0 aliphatic rings. The maximum atomic E-state index is 5.33. The zero-order valence-corrected chi connectivity index (χ0v) is 9.73. The summed E-state index contributed by atoms with van der Waals surface area (Å²) in [6.07, 6.45) is 1.71. The average Bonchev–Trinajstić information content (AvgIpc) is 2.76. The van der Waals surface area contributed by atoms with E-state index in [4.69, 9.17) is 4.42 Å². The first-order valence-corrected chi connectivity index (χ1v) is 5.50. The molecule has 3 nitrogen and oxygen atoms in total. The Kier molecular flexibility index (Phi) is 3.95. The Labute approximate surface area is 101 Å². The third kappa shape index (κ3) is 3.78. The molecule has 2 aromatic rings. The second kappa shape index (κ2) is 5.88. The van der Waals surface area contributed by atoms with Gasteiger partial charge in [-0.1, -0.05) is 30.0 Å². The molecule has 0 unspecified atom stereocenters. The van der Waals surface area contributed by atoms with Gasteiger partial charge in [0.25, 0.3) is 0 Å². The lowest BCUT2D eigenvalue weighted by atomic mass is 10.2. The number of aryl methyl sites for hydroxylation is 1. The number of nitrogens with zero attached hydrogens (tertiary/aromatic N) is 1. The fourth-order valence-corrected chi connectivity index (χ4v) is 1.38. The van der Waals surface area contributed by atoms with Gasteiger partial charge >= 0.3 is 0 Å². The van der Waals surface area contributed by atoms with Gasteiger partial charge in [0.15, 0.2) is 0 Å². The largest absolute Gasteiger partial charge is 0.445 e. The first-order chi connectivity index (χ1) is 8.34. The van der Waals surface area contributed by atoms with E-state index in [2.05, 4.69) is 22.1 Å². The predicted molar refractivity (Wildman–Crippen MR) is 66.3 cm³/mol. The van der Waals surface area contributed by atoms with E-state index in [-0.39, 0.29) is 0 Å². The van der Waals surface area contributed by atoms with Crippen LogP contribution in [0.4, 0.5) is 0 Å². The fraction of sp³-hybridized carbons (Fsp3) is 0.214. The molecule has 0 fully saturated rings. The van der Waals surface area contributed by atoms with Crippen LogP contribution in [0.1, 0.15) is 17.2 Å². The summed E-state index contributed by atoms with van der Waals surface area (Å²) >= 11 is 0. The van der Waals surface area contributed by atoms with Gasteiger partial charge in [-0.25, -0.2) is 4.98 Å². The topological polar surface area (TPSA) is 38.1 Å². The summed E-state index contributed by atoms with van der Waals surface area (Å²) in [5.41, 5.74) is 1.03. The molecule has 1 aromatic carbocycles. The maximum Gasteiger partial charge on any atom is 0.208 e. The van der Waals surface area contributed by atoms with E-state index in [1.165, 1.54) is 0 Å². The fourth-order valence-electron chi connectivity index (χ4n) is 1.38. The van der Waals surface area contributed by atoms with Crippen LogP contribution in [0.2, 0.25) is 0 Å². The second-order valence-corrected chi connectivity index (χ2v) is 3.64. The monoisotopic (exact) mass is 226 g/mol. The molecular weight excluding hydrogens is 212 g/mol. The maximum absolute atomic E-state index is 5.33. The molecular formula is C14H14N2O. The summed E-state index contributed by atoms with van der Waals surface area (Å²) in [6.45, 7) is 3.11. The van der Waals surface area contributed by atoms with Crippen molar-refractivity contribution in [1.29, 1.82) is 0 Å². The van der Waals surface area contributed by atoms with Gasteiger partial charge in [-0.3, -0.25) is 5.32 Å². The number of hydrogen-bond donors (Lipinski definition) is 1. The molecule has 0 aliphatic carbocycles. The summed E-state index contributed by atoms with van der Waals surface area (Å²) < 4.78 is 5.33. The highest BCUT2D eigenvalue weighted by atomic mass is 16.4. The standard InChI is InChI=1S/C14H14N2O/c1-12-10-16-14(17-12)11-15-9-5-8-13-6-3-2-4-7-13/h2-4,6-7,10,15H,9,11H2,1H3. The number of hydrogen-bond acceptors (Lipinski definition) is 3. The Morgan fingerprint density at radius 3 is 2.82 bits per heavy atom. The molecule has 0 spiro atoms. The molecule has 0 amide bonds. The molecule has 0 radical (unpaired) electrons. The minimum Gasteiger partial charge on any atom is -0.445 e. The Bertz CT molecular complexity index is 520. The van der Waals surface area contributed by atoms with E-state index in [0.717, 1.165) is 11.3 Å². The number of rotatable bonds is 3. The molecule has 0 atom stereocenters. The lowest BCUT2D eigenvalue weighted by Crippen LogP contribution is -2.13. The molecule has 1 heterocycles. The second-order valence-electron chi connectivity index (χ2n) is 3.64. The Morgan fingerprint density at radius 2 is 2.12 bits per heavy atom. The molecule has 17 heavy (non-hydrogen) atoms. The number of nitrogens with one attached hydrogen (secondary N) is 1. The summed E-state index contributed by atoms with van der Waals surface area (Å²) in [6, 6.07) is 9.92. The molecule has 0 aliphatic heterocycles. The van der Waals surface area contributed by atoms with Crippen molar-refractivity contribution in [3.8, 4) is 11.8 Å². The minimum atomic E-state index is 0.608. The lowest BCUT2D eigenvalue weighted by molar-refractivity contribution is 0.456. The lowest BCUT2D eigenvalue weighted by Gasteiger charge is -1.94. The van der Waals surface area contributed by atoms with Crippen LogP contribution in [0.3, 0.4) is 0 Å². The first-order valence-electron chi connectivity index (χ1n) is 5.50. The molecule has 1 N–H and O–H groups in total. The van der Waals surface area contributed by atoms with E-state index in [1.54, 1.807) is 6.20 Å². The van der Waals surface area contributed by atoms with Crippen LogP contribution in [-0.4, -0.2) is 11.5 Å². The quantitative estimate of drug-likeness (QED) is 0.643. The van der Waals surface area contributed by atoms with Gasteiger partial charge in [-0.2, -0.15) is 0 Å². The summed E-state index contributed by atoms with van der Waals surface area (Å²) in [7, 11) is 0. The van der Waals surface area contributed by atoms with Gasteiger partial charge in [-0.05, 0) is 19.1 Å². The summed E-state index contributed by atoms with van der Waals surface area (Å²) in [5.74, 6) is 7.65. The molecule has 0 bridgehead atoms. The van der Waals surface area contributed by atoms with Gasteiger partial charge < -0.3 is 4.42 Å². The van der Waals surface area contributed by atoms with Crippen LogP contribution in [0.25, 0.3) is 0 Å². The minimum absolute atomic E-state index is 0.608. The Morgan fingerprint density at radius 1 is 1.29 bits per heavy atom. The van der Waals surface area contributed by atoms with Gasteiger partial charge in [-0.15, -0.1) is 0 Å². The normalized spacial score (nSPS) is 9.71. The van der Waals surface area contributed by atoms with Crippen molar-refractivity contribution in [2.75, 3.05) is 6.54 Å². The van der Waals surface area contributed by atoms with Crippen LogP contribution in [0, 0.1) is 18.8 Å². The van der Waals surface area contributed by atoms with Crippen LogP contribution in [0.5, 0.6) is 0 Å². The first kappa shape index (κ1) is 11.4. The van der Waals surface area contributed by atoms with Crippen molar-refractivity contribution >= 4 is 0 Å². The Balaban J connectivity index is 1.75. The van der Waals surface area contributed by atoms with Crippen LogP contribution < -0.4 is 5.32 Å².